The van der Waals surface area contributed by atoms with E-state index in [1.54, 1.807) is 36.4 Å². The molecule has 0 saturated heterocycles. The summed E-state index contributed by atoms with van der Waals surface area (Å²) in [7, 11) is -7.48. The molecule has 14 heteroatoms. The summed E-state index contributed by atoms with van der Waals surface area (Å²) < 4.78 is 55.3. The van der Waals surface area contributed by atoms with Crippen molar-refractivity contribution in [2.45, 2.75) is 9.79 Å². The smallest absolute Gasteiger partial charge is 0.573 e. The maximum Gasteiger partial charge on any atom is 1.00 e. The fraction of sp³-hybridized carbons (Fsp3) is 0. The van der Waals surface area contributed by atoms with E-state index in [-0.39, 0.29) is 49.7 Å². The Morgan fingerprint density at radius 1 is 0.474 bits per heavy atom. The normalized spacial score (nSPS) is 10.6. The van der Waals surface area contributed by atoms with Crippen molar-refractivity contribution < 1.29 is 39.2 Å². The Morgan fingerprint density at radius 3 is 1.00 bits per heavy atom. The van der Waals surface area contributed by atoms with E-state index in [4.69, 9.17) is 46.4 Å². The van der Waals surface area contributed by atoms with Crippen molar-refractivity contribution in [1.29, 1.82) is 0 Å². The molecular formula is C24H20AgCl4N3O4S2. The van der Waals surface area contributed by atoms with Gasteiger partial charge in [0.05, 0.1) is 9.79 Å². The van der Waals surface area contributed by atoms with E-state index in [9.17, 15) is 16.8 Å². The van der Waals surface area contributed by atoms with Crippen molar-refractivity contribution in [3.8, 4) is 0 Å². The second-order valence-electron chi connectivity index (χ2n) is 7.01. The molecule has 0 atom stereocenters. The van der Waals surface area contributed by atoms with Gasteiger partial charge in [0.25, 0.3) is 0 Å². The Hall–Kier alpha value is -1.76. The van der Waals surface area contributed by atoms with Crippen LogP contribution in [0.3, 0.4) is 0 Å². The van der Waals surface area contributed by atoms with Crippen LogP contribution in [0.2, 0.25) is 20.1 Å². The summed E-state index contributed by atoms with van der Waals surface area (Å²) in [5.74, 6) is 0. The average molecular weight is 728 g/mol. The molecule has 0 saturated carbocycles. The topological polar surface area (TPSA) is 133 Å². The summed E-state index contributed by atoms with van der Waals surface area (Å²) in [6.07, 6.45) is 0. The maximum absolute atomic E-state index is 12.0. The van der Waals surface area contributed by atoms with Gasteiger partial charge in [-0.25, -0.2) is 16.8 Å². The third-order valence-corrected chi connectivity index (χ3v) is 7.74. The first-order valence-corrected chi connectivity index (χ1v) is 14.3. The van der Waals surface area contributed by atoms with Gasteiger partial charge in [-0.2, -0.15) is 0 Å². The molecule has 0 aliphatic heterocycles. The van der Waals surface area contributed by atoms with Gasteiger partial charge in [-0.15, -0.1) is 11.4 Å². The molecule has 0 aromatic heterocycles. The SMILES string of the molecule is O=S(=O)([N-]c1cc(Cl)cc(Cl)c1)c1ccccc1.O=S(=O)([N-]c1cc(Cl)cc(Cl)c1)c1ccccc1.[Ag+].[NH4+]. The summed E-state index contributed by atoms with van der Waals surface area (Å²) in [6.45, 7) is 0. The van der Waals surface area contributed by atoms with Crippen molar-refractivity contribution in [2.24, 2.45) is 0 Å². The number of hydrogen-bond acceptors (Lipinski definition) is 4. The van der Waals surface area contributed by atoms with Crippen molar-refractivity contribution in [3.05, 3.63) is 127 Å². The molecular weight excluding hydrogens is 708 g/mol. The third kappa shape index (κ3) is 10.4. The summed E-state index contributed by atoms with van der Waals surface area (Å²) in [5, 5.41) is 1.35. The zero-order valence-electron chi connectivity index (χ0n) is 19.4. The van der Waals surface area contributed by atoms with Crippen LogP contribution in [0.4, 0.5) is 11.4 Å². The van der Waals surface area contributed by atoms with Crippen LogP contribution in [-0.2, 0) is 42.4 Å². The van der Waals surface area contributed by atoms with E-state index < -0.39 is 20.0 Å². The number of halogens is 4. The number of benzene rings is 4. The third-order valence-electron chi connectivity index (χ3n) is 4.23. The van der Waals surface area contributed by atoms with Crippen LogP contribution < -0.4 is 6.15 Å². The van der Waals surface area contributed by atoms with Gasteiger partial charge in [-0.05, 0) is 36.4 Å². The molecule has 0 bridgehead atoms. The molecule has 4 aromatic carbocycles. The van der Waals surface area contributed by atoms with E-state index in [0.717, 1.165) is 0 Å². The minimum Gasteiger partial charge on any atom is -0.573 e. The van der Waals surface area contributed by atoms with E-state index in [0.29, 0.717) is 20.1 Å². The van der Waals surface area contributed by atoms with Gasteiger partial charge in [-0.3, -0.25) is 0 Å². The number of rotatable bonds is 6. The Morgan fingerprint density at radius 2 is 0.737 bits per heavy atom. The standard InChI is InChI=1S/2C12H8Cl2NO2S.Ag.H3N/c2*13-9-6-10(14)8-11(7-9)15-18(16,17)12-4-2-1-3-5-12;;/h2*1-8H;;1H3/q2*-1;+1;/p+1. The summed E-state index contributed by atoms with van der Waals surface area (Å²) >= 11 is 23.1. The number of nitrogens with zero attached hydrogens (tertiary/aromatic N) is 2. The molecule has 38 heavy (non-hydrogen) atoms. The van der Waals surface area contributed by atoms with Crippen LogP contribution in [0.25, 0.3) is 9.44 Å². The Balaban J connectivity index is 0.000000361. The zero-order valence-corrected chi connectivity index (χ0v) is 25.5. The molecule has 0 amide bonds. The fourth-order valence-corrected chi connectivity index (χ4v) is 5.76. The van der Waals surface area contributed by atoms with Gasteiger partial charge in [0.1, 0.15) is 20.0 Å². The summed E-state index contributed by atoms with van der Waals surface area (Å²) in [5.41, 5.74) is 0.410. The van der Waals surface area contributed by atoms with Crippen LogP contribution in [0.1, 0.15) is 0 Å². The van der Waals surface area contributed by atoms with Crippen LogP contribution in [-0.4, -0.2) is 16.8 Å². The second-order valence-corrected chi connectivity index (χ2v) is 12.0. The molecule has 4 aromatic rings. The molecule has 0 aliphatic carbocycles. The maximum atomic E-state index is 12.0. The van der Waals surface area contributed by atoms with Crippen molar-refractivity contribution in [3.63, 3.8) is 0 Å². The molecule has 4 rings (SSSR count). The monoisotopic (exact) mass is 725 g/mol. The summed E-state index contributed by atoms with van der Waals surface area (Å²) in [4.78, 5) is 0.252. The zero-order chi connectivity index (χ0) is 26.3. The van der Waals surface area contributed by atoms with Crippen LogP contribution >= 0.6 is 46.4 Å². The number of hydrogen-bond donors (Lipinski definition) is 1. The van der Waals surface area contributed by atoms with E-state index >= 15 is 0 Å². The quantitative estimate of drug-likeness (QED) is 0.198. The van der Waals surface area contributed by atoms with Gasteiger partial charge in [-0.1, -0.05) is 107 Å². The van der Waals surface area contributed by atoms with Crippen molar-refractivity contribution >= 4 is 77.8 Å². The molecule has 4 N–H and O–H groups in total. The predicted octanol–water partition coefficient (Wildman–Crippen LogP) is 9.15. The van der Waals surface area contributed by atoms with Gasteiger partial charge < -0.3 is 15.6 Å². The fourth-order valence-electron chi connectivity index (χ4n) is 2.75. The number of sulfonamides is 2. The van der Waals surface area contributed by atoms with Gasteiger partial charge in [0.15, 0.2) is 0 Å². The van der Waals surface area contributed by atoms with E-state index in [1.807, 2.05) is 0 Å². The first-order valence-electron chi connectivity index (χ1n) is 9.93. The van der Waals surface area contributed by atoms with Crippen LogP contribution in [0, 0.1) is 0 Å². The van der Waals surface area contributed by atoms with Gasteiger partial charge >= 0.3 is 22.4 Å². The van der Waals surface area contributed by atoms with E-state index in [1.165, 1.54) is 60.7 Å². The molecule has 0 fully saturated rings. The predicted molar refractivity (Wildman–Crippen MR) is 152 cm³/mol. The first-order chi connectivity index (χ1) is 16.9. The second kappa shape index (κ2) is 15.1. The van der Waals surface area contributed by atoms with Crippen molar-refractivity contribution in [2.75, 3.05) is 0 Å². The summed E-state index contributed by atoms with van der Waals surface area (Å²) in [6, 6.07) is 24.7. The minimum atomic E-state index is -3.74. The number of quaternary nitrogens is 1. The minimum absolute atomic E-state index is 0. The first kappa shape index (κ1) is 34.3. The Kier molecular flexibility index (Phi) is 13.7. The molecule has 0 radical (unpaired) electrons. The van der Waals surface area contributed by atoms with Crippen molar-refractivity contribution in [1.82, 2.24) is 6.15 Å². The van der Waals surface area contributed by atoms with Gasteiger partial charge in [0, 0.05) is 20.1 Å². The molecule has 7 nitrogen and oxygen atoms in total. The molecule has 206 valence electrons. The van der Waals surface area contributed by atoms with Gasteiger partial charge in [0.2, 0.25) is 0 Å². The molecule has 0 spiro atoms. The molecule has 0 heterocycles. The van der Waals surface area contributed by atoms with Crippen LogP contribution in [0.5, 0.6) is 0 Å². The largest absolute Gasteiger partial charge is 1.00 e. The van der Waals surface area contributed by atoms with E-state index in [2.05, 4.69) is 9.44 Å². The molecule has 0 aliphatic rings. The van der Waals surface area contributed by atoms with Crippen LogP contribution in [0.15, 0.2) is 107 Å². The Bertz CT molecular complexity index is 1400. The molecule has 0 unspecified atom stereocenters. The average Bonchev–Trinajstić information content (AvgIpc) is 2.79. The Labute approximate surface area is 257 Å².